The lowest BCUT2D eigenvalue weighted by Gasteiger charge is -2.29. The minimum absolute atomic E-state index is 0.306. The third kappa shape index (κ3) is 17.7. The summed E-state index contributed by atoms with van der Waals surface area (Å²) in [5, 5.41) is 0. The van der Waals surface area contributed by atoms with Crippen molar-refractivity contribution in [2.24, 2.45) is 17.3 Å². The molecule has 0 saturated heterocycles. The first-order chi connectivity index (χ1) is 9.66. The molecule has 0 saturated carbocycles. The molecule has 0 aliphatic heterocycles. The van der Waals surface area contributed by atoms with Crippen LogP contribution in [0.25, 0.3) is 0 Å². The maximum atomic E-state index is 3.95. The summed E-state index contributed by atoms with van der Waals surface area (Å²) >= 11 is 0. The Morgan fingerprint density at radius 3 is 1.57 bits per heavy atom. The highest BCUT2D eigenvalue weighted by Crippen LogP contribution is 2.32. The van der Waals surface area contributed by atoms with E-state index in [0.717, 1.165) is 5.92 Å². The fourth-order valence-corrected chi connectivity index (χ4v) is 1.65. The highest BCUT2D eigenvalue weighted by Gasteiger charge is 2.22. The van der Waals surface area contributed by atoms with Crippen LogP contribution in [0.2, 0.25) is 0 Å². The van der Waals surface area contributed by atoms with E-state index < -0.39 is 0 Å². The molecule has 0 aromatic carbocycles. The van der Waals surface area contributed by atoms with E-state index in [1.54, 1.807) is 0 Å². The van der Waals surface area contributed by atoms with E-state index in [1.807, 2.05) is 13.8 Å². The van der Waals surface area contributed by atoms with Gasteiger partial charge in [-0.05, 0) is 24.2 Å². The zero-order valence-electron chi connectivity index (χ0n) is 17.1. The minimum atomic E-state index is 0.306. The van der Waals surface area contributed by atoms with Gasteiger partial charge in [0.1, 0.15) is 0 Å². The zero-order chi connectivity index (χ0) is 17.5. The van der Waals surface area contributed by atoms with Gasteiger partial charge in [-0.2, -0.15) is 0 Å². The quantitative estimate of drug-likeness (QED) is 0.312. The average molecular weight is 299 g/mol. The van der Waals surface area contributed by atoms with Gasteiger partial charge in [-0.1, -0.05) is 113 Å². The van der Waals surface area contributed by atoms with Gasteiger partial charge in [-0.3, -0.25) is 0 Å². The molecule has 0 unspecified atom stereocenters. The Hall–Kier alpha value is -0.260. The molecule has 0 bridgehead atoms. The van der Waals surface area contributed by atoms with Crippen molar-refractivity contribution in [2.45, 2.75) is 108 Å². The third-order valence-electron chi connectivity index (χ3n) is 4.43. The lowest BCUT2D eigenvalue weighted by atomic mass is 9.76. The minimum Gasteiger partial charge on any atom is -0.0996 e. The third-order valence-corrected chi connectivity index (χ3v) is 4.43. The first-order valence-electron chi connectivity index (χ1n) is 9.32. The first kappa shape index (κ1) is 25.7. The number of hydrogen-bond donors (Lipinski definition) is 0. The van der Waals surface area contributed by atoms with Gasteiger partial charge >= 0.3 is 0 Å². The summed E-state index contributed by atoms with van der Waals surface area (Å²) < 4.78 is 0. The van der Waals surface area contributed by atoms with E-state index in [0.29, 0.717) is 11.3 Å². The molecular weight excluding hydrogens is 252 g/mol. The Bertz CT molecular complexity index is 208. The van der Waals surface area contributed by atoms with E-state index in [1.165, 1.54) is 44.1 Å². The van der Waals surface area contributed by atoms with Crippen LogP contribution in [0.3, 0.4) is 0 Å². The molecule has 0 aromatic rings. The van der Waals surface area contributed by atoms with Crippen LogP contribution in [-0.4, -0.2) is 0 Å². The Balaban J connectivity index is -0.000000277. The molecular formula is C21H46. The van der Waals surface area contributed by atoms with Crippen LogP contribution in [0.15, 0.2) is 12.2 Å². The van der Waals surface area contributed by atoms with Gasteiger partial charge in [0.05, 0.1) is 0 Å². The molecule has 0 heterocycles. The molecule has 0 fully saturated rings. The van der Waals surface area contributed by atoms with Crippen LogP contribution in [-0.2, 0) is 0 Å². The van der Waals surface area contributed by atoms with Crippen molar-refractivity contribution in [2.75, 3.05) is 0 Å². The van der Waals surface area contributed by atoms with Crippen LogP contribution in [0.4, 0.5) is 0 Å². The fourth-order valence-electron chi connectivity index (χ4n) is 1.65. The van der Waals surface area contributed by atoms with E-state index in [4.69, 9.17) is 0 Å². The Morgan fingerprint density at radius 1 is 0.905 bits per heavy atom. The molecule has 0 N–H and O–H groups in total. The maximum absolute atomic E-state index is 3.95. The fraction of sp³-hybridized carbons (Fsp3) is 0.905. The lowest BCUT2D eigenvalue weighted by Crippen LogP contribution is -2.19. The standard InChI is InChI=1S/C10H22.C9H18.C2H6/c1-4-5-6-7-8-9-10(2)3;1-7(2)9(5,6)8(3)4;1-2/h10H,4-9H2,1-3H3;8H,1H2,2-6H3;1-2H3. The largest absolute Gasteiger partial charge is 0.0996 e. The van der Waals surface area contributed by atoms with Crippen molar-refractivity contribution in [3.05, 3.63) is 12.2 Å². The van der Waals surface area contributed by atoms with Gasteiger partial charge in [0.15, 0.2) is 0 Å². The summed E-state index contributed by atoms with van der Waals surface area (Å²) in [7, 11) is 0. The zero-order valence-corrected chi connectivity index (χ0v) is 17.1. The van der Waals surface area contributed by atoms with Gasteiger partial charge < -0.3 is 0 Å². The Morgan fingerprint density at radius 2 is 1.33 bits per heavy atom. The van der Waals surface area contributed by atoms with Crippen molar-refractivity contribution in [3.63, 3.8) is 0 Å². The van der Waals surface area contributed by atoms with Crippen molar-refractivity contribution in [1.82, 2.24) is 0 Å². The summed E-state index contributed by atoms with van der Waals surface area (Å²) in [5.74, 6) is 1.59. The van der Waals surface area contributed by atoms with Crippen molar-refractivity contribution in [1.29, 1.82) is 0 Å². The first-order valence-corrected chi connectivity index (χ1v) is 9.32. The van der Waals surface area contributed by atoms with Crippen LogP contribution in [0.5, 0.6) is 0 Å². The van der Waals surface area contributed by atoms with Crippen LogP contribution in [0, 0.1) is 17.3 Å². The number of allylic oxidation sites excluding steroid dienone is 1. The molecule has 0 nitrogen and oxygen atoms in total. The highest BCUT2D eigenvalue weighted by molar-refractivity contribution is 5.04. The predicted octanol–water partition coefficient (Wildman–Crippen LogP) is 8.27. The summed E-state index contributed by atoms with van der Waals surface area (Å²) in [4.78, 5) is 0. The van der Waals surface area contributed by atoms with Gasteiger partial charge in [-0.15, -0.1) is 0 Å². The monoisotopic (exact) mass is 298 g/mol. The van der Waals surface area contributed by atoms with Crippen LogP contribution >= 0.6 is 0 Å². The molecule has 0 heteroatoms. The van der Waals surface area contributed by atoms with E-state index in [9.17, 15) is 0 Å². The average Bonchev–Trinajstić information content (AvgIpc) is 2.41. The molecule has 0 aromatic heterocycles. The molecule has 0 rings (SSSR count). The number of hydrogen-bond acceptors (Lipinski definition) is 0. The van der Waals surface area contributed by atoms with Gasteiger partial charge in [-0.25, -0.2) is 0 Å². The molecule has 0 spiro atoms. The molecule has 0 aliphatic carbocycles. The Labute approximate surface area is 137 Å². The van der Waals surface area contributed by atoms with Gasteiger partial charge in [0.2, 0.25) is 0 Å². The maximum Gasteiger partial charge on any atom is -0.0127 e. The van der Waals surface area contributed by atoms with Gasteiger partial charge in [0, 0.05) is 0 Å². The molecule has 0 atom stereocenters. The van der Waals surface area contributed by atoms with Crippen LogP contribution in [0.1, 0.15) is 108 Å². The molecule has 0 radical (unpaired) electrons. The normalized spacial score (nSPS) is 10.7. The molecule has 21 heavy (non-hydrogen) atoms. The summed E-state index contributed by atoms with van der Waals surface area (Å²) in [5.41, 5.74) is 1.58. The SMILES string of the molecule is C=C(C)C(C)(C)C(C)C.CC.CCCCCCCC(C)C. The highest BCUT2D eigenvalue weighted by atomic mass is 14.3. The Kier molecular flexibility index (Phi) is 19.7. The van der Waals surface area contributed by atoms with E-state index >= 15 is 0 Å². The van der Waals surface area contributed by atoms with Gasteiger partial charge in [0.25, 0.3) is 0 Å². The predicted molar refractivity (Wildman–Crippen MR) is 103 cm³/mol. The van der Waals surface area contributed by atoms with Crippen molar-refractivity contribution < 1.29 is 0 Å². The lowest BCUT2D eigenvalue weighted by molar-refractivity contribution is 0.311. The van der Waals surface area contributed by atoms with Crippen molar-refractivity contribution >= 4 is 0 Å². The number of rotatable bonds is 8. The van der Waals surface area contributed by atoms with E-state index in [2.05, 4.69) is 62.0 Å². The van der Waals surface area contributed by atoms with Crippen LogP contribution < -0.4 is 0 Å². The second-order valence-corrected chi connectivity index (χ2v) is 7.25. The molecule has 0 amide bonds. The molecule has 0 aliphatic rings. The molecule has 130 valence electrons. The summed E-state index contributed by atoms with van der Waals surface area (Å²) in [6.07, 6.45) is 8.55. The second-order valence-electron chi connectivity index (χ2n) is 7.25. The number of unbranched alkanes of at least 4 members (excludes halogenated alkanes) is 4. The summed E-state index contributed by atoms with van der Waals surface area (Å²) in [6, 6.07) is 0. The summed E-state index contributed by atoms with van der Waals surface area (Å²) in [6.45, 7) is 25.9. The second kappa shape index (κ2) is 16.1. The van der Waals surface area contributed by atoms with Crippen molar-refractivity contribution in [3.8, 4) is 0 Å². The smallest absolute Gasteiger partial charge is 0.0127 e. The van der Waals surface area contributed by atoms with E-state index in [-0.39, 0.29) is 0 Å². The topological polar surface area (TPSA) is 0 Å².